The molecule has 1 N–H and O–H groups in total. The molecule has 0 bridgehead atoms. The number of nitrogens with zero attached hydrogens (tertiary/aromatic N) is 3. The van der Waals surface area contributed by atoms with Crippen molar-refractivity contribution in [3.63, 3.8) is 0 Å². The maximum absolute atomic E-state index is 15.4. The van der Waals surface area contributed by atoms with Crippen LogP contribution in [-0.2, 0) is 16.4 Å². The lowest BCUT2D eigenvalue weighted by molar-refractivity contribution is 0.178. The second-order valence-electron chi connectivity index (χ2n) is 8.94. The lowest BCUT2D eigenvalue weighted by Crippen LogP contribution is -2.34. The van der Waals surface area contributed by atoms with Gasteiger partial charge in [0.1, 0.15) is 11.6 Å². The summed E-state index contributed by atoms with van der Waals surface area (Å²) in [5.74, 6) is -2.50. The predicted octanol–water partition coefficient (Wildman–Crippen LogP) is 4.03. The molecule has 2 saturated heterocycles. The molecule has 0 saturated carbocycles. The fourth-order valence-corrected chi connectivity index (χ4v) is 6.20. The Morgan fingerprint density at radius 1 is 1.09 bits per heavy atom. The first-order chi connectivity index (χ1) is 15.7. The molecule has 0 aliphatic carbocycles. The average molecular weight is 483 g/mol. The van der Waals surface area contributed by atoms with Crippen LogP contribution >= 0.6 is 0 Å². The van der Waals surface area contributed by atoms with Gasteiger partial charge in [0.25, 0.3) is 10.0 Å². The van der Waals surface area contributed by atoms with E-state index in [1.165, 1.54) is 12.1 Å². The van der Waals surface area contributed by atoms with E-state index < -0.39 is 32.5 Å². The van der Waals surface area contributed by atoms with Crippen LogP contribution in [0.3, 0.4) is 0 Å². The molecule has 2 aromatic rings. The molecular formula is C23H29F3N4O2S. The number of aromatic nitrogens is 1. The molecule has 180 valence electrons. The Morgan fingerprint density at radius 3 is 2.45 bits per heavy atom. The Labute approximate surface area is 192 Å². The van der Waals surface area contributed by atoms with Gasteiger partial charge in [-0.15, -0.1) is 0 Å². The molecule has 1 atom stereocenters. The minimum absolute atomic E-state index is 0.160. The van der Waals surface area contributed by atoms with Gasteiger partial charge >= 0.3 is 0 Å². The number of piperidine rings is 1. The minimum Gasteiger partial charge on any atom is -0.371 e. The fraction of sp³-hybridized carbons (Fsp3) is 0.522. The maximum Gasteiger partial charge on any atom is 0.268 e. The third kappa shape index (κ3) is 4.96. The molecule has 1 aromatic heterocycles. The Balaban J connectivity index is 1.60. The lowest BCUT2D eigenvalue weighted by atomic mass is 9.84. The summed E-state index contributed by atoms with van der Waals surface area (Å²) in [4.78, 5) is 6.63. The summed E-state index contributed by atoms with van der Waals surface area (Å²) >= 11 is 0. The van der Waals surface area contributed by atoms with Gasteiger partial charge in [-0.05, 0) is 75.9 Å². The topological polar surface area (TPSA) is 65.5 Å². The molecule has 4 rings (SSSR count). The molecule has 2 aliphatic rings. The number of benzene rings is 1. The molecule has 0 unspecified atom stereocenters. The largest absolute Gasteiger partial charge is 0.371 e. The second-order valence-corrected chi connectivity index (χ2v) is 10.6. The predicted molar refractivity (Wildman–Crippen MR) is 121 cm³/mol. The summed E-state index contributed by atoms with van der Waals surface area (Å²) in [6, 6.07) is 4.62. The van der Waals surface area contributed by atoms with Crippen molar-refractivity contribution in [2.45, 2.75) is 37.5 Å². The van der Waals surface area contributed by atoms with E-state index in [0.29, 0.717) is 30.6 Å². The van der Waals surface area contributed by atoms with Crippen LogP contribution in [0.5, 0.6) is 0 Å². The summed E-state index contributed by atoms with van der Waals surface area (Å²) in [6.07, 6.45) is 3.40. The van der Waals surface area contributed by atoms with Gasteiger partial charge in [0.15, 0.2) is 10.7 Å². The van der Waals surface area contributed by atoms with Crippen LogP contribution in [0.4, 0.5) is 24.7 Å². The number of anilines is 2. The lowest BCUT2D eigenvalue weighted by Gasteiger charge is -2.33. The normalized spacial score (nSPS) is 20.4. The first-order valence-electron chi connectivity index (χ1n) is 11.3. The SMILES string of the molecule is CCc1c(N2CC[C@H](C3CCN(C)CC3)C2)cc(F)c(S(=O)(=O)Nc2cccc(F)n2)c1F. The maximum atomic E-state index is 15.4. The third-order valence-electron chi connectivity index (χ3n) is 6.83. The van der Waals surface area contributed by atoms with Crippen molar-refractivity contribution in [1.82, 2.24) is 9.88 Å². The van der Waals surface area contributed by atoms with Crippen LogP contribution < -0.4 is 9.62 Å². The molecule has 0 amide bonds. The molecule has 10 heteroatoms. The highest BCUT2D eigenvalue weighted by molar-refractivity contribution is 7.92. The number of rotatable bonds is 6. The number of likely N-dealkylation sites (tertiary alicyclic amines) is 1. The van der Waals surface area contributed by atoms with E-state index in [0.717, 1.165) is 44.5 Å². The summed E-state index contributed by atoms with van der Waals surface area (Å²) in [6.45, 7) is 5.22. The Bertz CT molecular complexity index is 1120. The van der Waals surface area contributed by atoms with Crippen molar-refractivity contribution < 1.29 is 21.6 Å². The van der Waals surface area contributed by atoms with E-state index in [-0.39, 0.29) is 17.8 Å². The molecule has 2 fully saturated rings. The highest BCUT2D eigenvalue weighted by Gasteiger charge is 2.35. The molecule has 0 spiro atoms. The van der Waals surface area contributed by atoms with Gasteiger partial charge in [-0.2, -0.15) is 4.39 Å². The Hall–Kier alpha value is -2.33. The van der Waals surface area contributed by atoms with Gasteiger partial charge in [0, 0.05) is 24.3 Å². The van der Waals surface area contributed by atoms with Crippen molar-refractivity contribution >= 4 is 21.5 Å². The highest BCUT2D eigenvalue weighted by Crippen LogP contribution is 2.38. The first kappa shape index (κ1) is 23.8. The van der Waals surface area contributed by atoms with Crippen LogP contribution in [0.2, 0.25) is 0 Å². The minimum atomic E-state index is -4.65. The van der Waals surface area contributed by atoms with Gasteiger partial charge < -0.3 is 9.80 Å². The summed E-state index contributed by atoms with van der Waals surface area (Å²) in [5.41, 5.74) is 0.568. The standard InChI is InChI=1S/C23H29F3N4O2S/c1-3-17-19(30-12-9-16(14-30)15-7-10-29(2)11-8-15)13-18(24)23(22(17)26)33(31,32)28-21-6-4-5-20(25)27-21/h4-6,13,15-16H,3,7-12,14H2,1-2H3,(H,27,28)/t16-/m0/s1. The zero-order valence-electron chi connectivity index (χ0n) is 18.8. The van der Waals surface area contributed by atoms with Crippen molar-refractivity contribution in [2.75, 3.05) is 42.8 Å². The molecule has 2 aliphatic heterocycles. The smallest absolute Gasteiger partial charge is 0.268 e. The van der Waals surface area contributed by atoms with Crippen LogP contribution in [0, 0.1) is 29.4 Å². The quantitative estimate of drug-likeness (QED) is 0.630. The number of nitrogens with one attached hydrogen (secondary N) is 1. The number of halogens is 3. The van der Waals surface area contributed by atoms with Crippen LogP contribution in [0.15, 0.2) is 29.2 Å². The van der Waals surface area contributed by atoms with E-state index >= 15 is 8.78 Å². The van der Waals surface area contributed by atoms with Crippen molar-refractivity contribution in [1.29, 1.82) is 0 Å². The van der Waals surface area contributed by atoms with Crippen LogP contribution in [0.1, 0.15) is 31.7 Å². The Kier molecular flexibility index (Phi) is 6.86. The van der Waals surface area contributed by atoms with Crippen LogP contribution in [0.25, 0.3) is 0 Å². The number of pyridine rings is 1. The molecule has 3 heterocycles. The monoisotopic (exact) mass is 482 g/mol. The molecular weight excluding hydrogens is 453 g/mol. The highest BCUT2D eigenvalue weighted by atomic mass is 32.2. The summed E-state index contributed by atoms with van der Waals surface area (Å²) in [5, 5.41) is 0. The van der Waals surface area contributed by atoms with Crippen molar-refractivity contribution in [3.8, 4) is 0 Å². The van der Waals surface area contributed by atoms with Gasteiger partial charge in [0.2, 0.25) is 5.95 Å². The van der Waals surface area contributed by atoms with Crippen molar-refractivity contribution in [2.24, 2.45) is 11.8 Å². The van der Waals surface area contributed by atoms with Gasteiger partial charge in [0.05, 0.1) is 0 Å². The van der Waals surface area contributed by atoms with E-state index in [4.69, 9.17) is 0 Å². The van der Waals surface area contributed by atoms with Crippen molar-refractivity contribution in [3.05, 3.63) is 47.4 Å². The van der Waals surface area contributed by atoms with Gasteiger partial charge in [-0.1, -0.05) is 13.0 Å². The molecule has 6 nitrogen and oxygen atoms in total. The fourth-order valence-electron chi connectivity index (χ4n) is 5.04. The van der Waals surface area contributed by atoms with Gasteiger partial charge in [-0.3, -0.25) is 4.72 Å². The average Bonchev–Trinajstić information content (AvgIpc) is 3.23. The van der Waals surface area contributed by atoms with E-state index in [2.05, 4.69) is 16.9 Å². The Morgan fingerprint density at radius 2 is 1.79 bits per heavy atom. The molecule has 33 heavy (non-hydrogen) atoms. The van der Waals surface area contributed by atoms with E-state index in [1.807, 2.05) is 9.62 Å². The summed E-state index contributed by atoms with van der Waals surface area (Å²) in [7, 11) is -2.53. The first-order valence-corrected chi connectivity index (χ1v) is 12.8. The third-order valence-corrected chi connectivity index (χ3v) is 8.21. The molecule has 1 aromatic carbocycles. The zero-order chi connectivity index (χ0) is 23.8. The number of sulfonamides is 1. The van der Waals surface area contributed by atoms with Gasteiger partial charge in [-0.25, -0.2) is 22.2 Å². The zero-order valence-corrected chi connectivity index (χ0v) is 19.6. The van der Waals surface area contributed by atoms with E-state index in [1.54, 1.807) is 6.92 Å². The molecule has 0 radical (unpaired) electrons. The number of hydrogen-bond acceptors (Lipinski definition) is 5. The summed E-state index contributed by atoms with van der Waals surface area (Å²) < 4.78 is 71.3. The van der Waals surface area contributed by atoms with E-state index in [9.17, 15) is 12.8 Å². The number of hydrogen-bond donors (Lipinski definition) is 1. The van der Waals surface area contributed by atoms with Crippen LogP contribution in [-0.4, -0.2) is 51.5 Å². The second kappa shape index (κ2) is 9.50.